The van der Waals surface area contributed by atoms with Crippen molar-refractivity contribution in [2.45, 2.75) is 26.7 Å². The van der Waals surface area contributed by atoms with Gasteiger partial charge in [0.1, 0.15) is 0 Å². The van der Waals surface area contributed by atoms with E-state index in [9.17, 15) is 9.59 Å². The Bertz CT molecular complexity index is 817. The summed E-state index contributed by atoms with van der Waals surface area (Å²) in [6, 6.07) is 12.7. The average molecular weight is 357 g/mol. The number of benzene rings is 2. The van der Waals surface area contributed by atoms with Crippen LogP contribution in [0.3, 0.4) is 0 Å². The number of halogens is 1. The van der Waals surface area contributed by atoms with Gasteiger partial charge in [0, 0.05) is 23.8 Å². The van der Waals surface area contributed by atoms with Gasteiger partial charge < -0.3 is 10.2 Å². The predicted molar refractivity (Wildman–Crippen MR) is 101 cm³/mol. The van der Waals surface area contributed by atoms with Crippen molar-refractivity contribution in [2.24, 2.45) is 5.92 Å². The third kappa shape index (κ3) is 3.69. The number of fused-ring (bicyclic) bond motifs is 1. The molecule has 0 radical (unpaired) electrons. The van der Waals surface area contributed by atoms with Crippen LogP contribution >= 0.6 is 11.6 Å². The molecule has 1 aliphatic heterocycles. The van der Waals surface area contributed by atoms with Crippen molar-refractivity contribution in [3.63, 3.8) is 0 Å². The quantitative estimate of drug-likeness (QED) is 0.878. The molecule has 0 aromatic heterocycles. The molecular weight excluding hydrogens is 336 g/mol. The molecule has 0 fully saturated rings. The Labute approximate surface area is 152 Å². The summed E-state index contributed by atoms with van der Waals surface area (Å²) in [4.78, 5) is 26.6. The van der Waals surface area contributed by atoms with Crippen LogP contribution in [-0.4, -0.2) is 18.4 Å². The largest absolute Gasteiger partial charge is 0.322 e. The molecule has 0 bridgehead atoms. The summed E-state index contributed by atoms with van der Waals surface area (Å²) < 4.78 is 0. The van der Waals surface area contributed by atoms with E-state index in [0.717, 1.165) is 30.6 Å². The summed E-state index contributed by atoms with van der Waals surface area (Å²) in [5, 5.41) is 3.31. The topological polar surface area (TPSA) is 49.4 Å². The van der Waals surface area contributed by atoms with E-state index in [0.29, 0.717) is 16.3 Å². The Morgan fingerprint density at radius 1 is 1.16 bits per heavy atom. The van der Waals surface area contributed by atoms with Gasteiger partial charge in [0.15, 0.2) is 0 Å². The zero-order valence-corrected chi connectivity index (χ0v) is 15.1. The molecule has 2 aromatic rings. The van der Waals surface area contributed by atoms with Crippen molar-refractivity contribution in [1.82, 2.24) is 0 Å². The smallest absolute Gasteiger partial charge is 0.257 e. The standard InChI is InChI=1S/C20H21ClN2O2/c1-13(2)20(25)23-11-5-6-14-12-15(9-10-18(14)23)22-19(24)16-7-3-4-8-17(16)21/h3-4,7-10,12-13H,5-6,11H2,1-2H3,(H,22,24). The SMILES string of the molecule is CC(C)C(=O)N1CCCc2cc(NC(=O)c3ccccc3Cl)ccc21. The number of nitrogens with zero attached hydrogens (tertiary/aromatic N) is 1. The number of carbonyl (C=O) groups is 2. The highest BCUT2D eigenvalue weighted by Crippen LogP contribution is 2.31. The second-order valence-corrected chi connectivity index (χ2v) is 6.93. The molecule has 0 spiro atoms. The van der Waals surface area contributed by atoms with Gasteiger partial charge in [-0.25, -0.2) is 0 Å². The normalized spacial score (nSPS) is 13.5. The predicted octanol–water partition coefficient (Wildman–Crippen LogP) is 4.53. The van der Waals surface area contributed by atoms with Gasteiger partial charge in [-0.1, -0.05) is 37.6 Å². The molecule has 5 heteroatoms. The molecular formula is C20H21ClN2O2. The van der Waals surface area contributed by atoms with Crippen molar-refractivity contribution in [2.75, 3.05) is 16.8 Å². The van der Waals surface area contributed by atoms with Crippen LogP contribution in [-0.2, 0) is 11.2 Å². The maximum atomic E-state index is 12.4. The van der Waals surface area contributed by atoms with Gasteiger partial charge >= 0.3 is 0 Å². The van der Waals surface area contributed by atoms with Crippen LogP contribution in [0.5, 0.6) is 0 Å². The molecule has 1 N–H and O–H groups in total. The number of amides is 2. The summed E-state index contributed by atoms with van der Waals surface area (Å²) in [7, 11) is 0. The zero-order valence-electron chi connectivity index (χ0n) is 14.4. The Morgan fingerprint density at radius 3 is 2.64 bits per heavy atom. The minimum Gasteiger partial charge on any atom is -0.322 e. The molecule has 1 aliphatic rings. The number of anilines is 2. The number of carbonyl (C=O) groups excluding carboxylic acids is 2. The van der Waals surface area contributed by atoms with Crippen LogP contribution < -0.4 is 10.2 Å². The summed E-state index contributed by atoms with van der Waals surface area (Å²) in [6.45, 7) is 4.57. The summed E-state index contributed by atoms with van der Waals surface area (Å²) in [5.41, 5.74) is 3.18. The van der Waals surface area contributed by atoms with Crippen molar-refractivity contribution in [1.29, 1.82) is 0 Å². The van der Waals surface area contributed by atoms with Gasteiger partial charge in [0.2, 0.25) is 5.91 Å². The summed E-state index contributed by atoms with van der Waals surface area (Å²) in [6.07, 6.45) is 1.82. The molecule has 25 heavy (non-hydrogen) atoms. The molecule has 0 aliphatic carbocycles. The van der Waals surface area contributed by atoms with E-state index in [1.807, 2.05) is 36.9 Å². The molecule has 1 heterocycles. The van der Waals surface area contributed by atoms with Gasteiger partial charge in [0.25, 0.3) is 5.91 Å². The molecule has 3 rings (SSSR count). The fourth-order valence-corrected chi connectivity index (χ4v) is 3.28. The van der Waals surface area contributed by atoms with E-state index in [-0.39, 0.29) is 17.7 Å². The number of rotatable bonds is 3. The molecule has 0 saturated heterocycles. The van der Waals surface area contributed by atoms with Gasteiger partial charge in [-0.15, -0.1) is 0 Å². The van der Waals surface area contributed by atoms with Crippen molar-refractivity contribution in [3.05, 3.63) is 58.6 Å². The first-order valence-electron chi connectivity index (χ1n) is 8.47. The van der Waals surface area contributed by atoms with E-state index < -0.39 is 0 Å². The van der Waals surface area contributed by atoms with Crippen LogP contribution in [0.4, 0.5) is 11.4 Å². The fourth-order valence-electron chi connectivity index (χ4n) is 3.06. The number of aryl methyl sites for hydroxylation is 1. The monoisotopic (exact) mass is 356 g/mol. The van der Waals surface area contributed by atoms with Crippen molar-refractivity contribution >= 4 is 34.8 Å². The Hall–Kier alpha value is -2.33. The molecule has 130 valence electrons. The third-order valence-corrected chi connectivity index (χ3v) is 4.66. The Kier molecular flexibility index (Phi) is 5.09. The lowest BCUT2D eigenvalue weighted by Gasteiger charge is -2.31. The summed E-state index contributed by atoms with van der Waals surface area (Å²) >= 11 is 6.08. The number of hydrogen-bond acceptors (Lipinski definition) is 2. The Balaban J connectivity index is 1.83. The van der Waals surface area contributed by atoms with Crippen molar-refractivity contribution in [3.8, 4) is 0 Å². The van der Waals surface area contributed by atoms with E-state index in [1.165, 1.54) is 0 Å². The average Bonchev–Trinajstić information content (AvgIpc) is 2.60. The lowest BCUT2D eigenvalue weighted by atomic mass is 9.99. The first-order chi connectivity index (χ1) is 12.0. The fraction of sp³-hybridized carbons (Fsp3) is 0.300. The van der Waals surface area contributed by atoms with Crippen LogP contribution in [0.1, 0.15) is 36.2 Å². The zero-order chi connectivity index (χ0) is 18.0. The molecule has 0 saturated carbocycles. The minimum atomic E-state index is -0.239. The molecule has 0 unspecified atom stereocenters. The second-order valence-electron chi connectivity index (χ2n) is 6.53. The number of nitrogens with one attached hydrogen (secondary N) is 1. The first kappa shape index (κ1) is 17.5. The molecule has 2 aromatic carbocycles. The van der Waals surface area contributed by atoms with Crippen LogP contribution in [0.15, 0.2) is 42.5 Å². The maximum Gasteiger partial charge on any atom is 0.257 e. The Morgan fingerprint density at radius 2 is 1.92 bits per heavy atom. The highest BCUT2D eigenvalue weighted by Gasteiger charge is 2.24. The summed E-state index contributed by atoms with van der Waals surface area (Å²) in [5.74, 6) is -0.143. The van der Waals surface area contributed by atoms with Gasteiger partial charge in [-0.05, 0) is 48.7 Å². The van der Waals surface area contributed by atoms with E-state index in [2.05, 4.69) is 5.32 Å². The van der Waals surface area contributed by atoms with Crippen molar-refractivity contribution < 1.29 is 9.59 Å². The highest BCUT2D eigenvalue weighted by atomic mass is 35.5. The van der Waals surface area contributed by atoms with Gasteiger partial charge in [0.05, 0.1) is 10.6 Å². The molecule has 0 atom stereocenters. The lowest BCUT2D eigenvalue weighted by molar-refractivity contribution is -0.121. The van der Waals surface area contributed by atoms with Crippen LogP contribution in [0.25, 0.3) is 0 Å². The molecule has 4 nitrogen and oxygen atoms in total. The van der Waals surface area contributed by atoms with Gasteiger partial charge in [-0.3, -0.25) is 9.59 Å². The second kappa shape index (κ2) is 7.28. The van der Waals surface area contributed by atoms with E-state index in [1.54, 1.807) is 24.3 Å². The first-order valence-corrected chi connectivity index (χ1v) is 8.85. The number of hydrogen-bond donors (Lipinski definition) is 1. The minimum absolute atomic E-state index is 0.0365. The third-order valence-electron chi connectivity index (χ3n) is 4.33. The molecule has 2 amide bonds. The van der Waals surface area contributed by atoms with Gasteiger partial charge in [-0.2, -0.15) is 0 Å². The lowest BCUT2D eigenvalue weighted by Crippen LogP contribution is -2.38. The van der Waals surface area contributed by atoms with E-state index >= 15 is 0 Å². The highest BCUT2D eigenvalue weighted by molar-refractivity contribution is 6.34. The maximum absolute atomic E-state index is 12.4. The van der Waals surface area contributed by atoms with E-state index in [4.69, 9.17) is 11.6 Å². The van der Waals surface area contributed by atoms with Crippen LogP contribution in [0, 0.1) is 5.92 Å². The van der Waals surface area contributed by atoms with Crippen LogP contribution in [0.2, 0.25) is 5.02 Å².